The Morgan fingerprint density at radius 3 is 2.45 bits per heavy atom. The maximum atomic E-state index is 12.0. The Hall–Kier alpha value is -1.14. The van der Waals surface area contributed by atoms with Crippen molar-refractivity contribution < 1.29 is 14.7 Å². The van der Waals surface area contributed by atoms with Crippen molar-refractivity contribution >= 4 is 11.9 Å². The molecule has 1 aliphatic heterocycles. The van der Waals surface area contributed by atoms with Crippen LogP contribution in [-0.4, -0.2) is 72.6 Å². The first-order chi connectivity index (χ1) is 10.3. The van der Waals surface area contributed by atoms with Crippen molar-refractivity contribution in [2.45, 2.75) is 51.6 Å². The number of hydrogen-bond acceptors (Lipinski definition) is 4. The molecule has 1 rings (SSSR count). The van der Waals surface area contributed by atoms with E-state index < -0.39 is 12.0 Å². The summed E-state index contributed by atoms with van der Waals surface area (Å²) < 4.78 is 0. The van der Waals surface area contributed by atoms with E-state index in [2.05, 4.69) is 22.2 Å². The Bertz CT molecular complexity index is 368. The monoisotopic (exact) mass is 313 g/mol. The van der Waals surface area contributed by atoms with Crippen molar-refractivity contribution in [1.82, 2.24) is 15.1 Å². The minimum atomic E-state index is -0.952. The quantitative estimate of drug-likeness (QED) is 0.700. The first kappa shape index (κ1) is 18.9. The lowest BCUT2D eigenvalue weighted by Gasteiger charge is -2.35. The maximum absolute atomic E-state index is 12.0. The number of amides is 1. The standard InChI is InChI=1S/C16H31N3O3/c1-5-12(2)15(16(21)22)17-14(20)8-11-19(4)13-6-9-18(3)10-7-13/h12-13,15H,5-11H2,1-4H3,(H,17,20)(H,21,22). The molecule has 0 aromatic carbocycles. The fourth-order valence-electron chi connectivity index (χ4n) is 2.82. The molecule has 128 valence electrons. The predicted octanol–water partition coefficient (Wildman–Crippen LogP) is 1.02. The summed E-state index contributed by atoms with van der Waals surface area (Å²) in [5.74, 6) is -1.19. The van der Waals surface area contributed by atoms with E-state index in [0.717, 1.165) is 32.4 Å². The third-order valence-electron chi connectivity index (χ3n) is 4.80. The zero-order chi connectivity index (χ0) is 16.7. The topological polar surface area (TPSA) is 72.9 Å². The summed E-state index contributed by atoms with van der Waals surface area (Å²) in [5.41, 5.74) is 0. The lowest BCUT2D eigenvalue weighted by atomic mass is 9.99. The summed E-state index contributed by atoms with van der Waals surface area (Å²) in [6.07, 6.45) is 3.33. The highest BCUT2D eigenvalue weighted by atomic mass is 16.4. The van der Waals surface area contributed by atoms with Gasteiger partial charge in [0.1, 0.15) is 6.04 Å². The lowest BCUT2D eigenvalue weighted by molar-refractivity contribution is -0.143. The van der Waals surface area contributed by atoms with E-state index in [4.69, 9.17) is 0 Å². The van der Waals surface area contributed by atoms with Crippen molar-refractivity contribution in [2.24, 2.45) is 5.92 Å². The molecule has 1 heterocycles. The Morgan fingerprint density at radius 2 is 1.95 bits per heavy atom. The number of carbonyl (C=O) groups is 2. The number of carboxylic acid groups (broad SMARTS) is 1. The summed E-state index contributed by atoms with van der Waals surface area (Å²) in [7, 11) is 4.18. The summed E-state index contributed by atoms with van der Waals surface area (Å²) in [4.78, 5) is 27.8. The average molecular weight is 313 g/mol. The van der Waals surface area contributed by atoms with Gasteiger partial charge in [-0.1, -0.05) is 20.3 Å². The maximum Gasteiger partial charge on any atom is 0.326 e. The van der Waals surface area contributed by atoms with E-state index in [-0.39, 0.29) is 11.8 Å². The van der Waals surface area contributed by atoms with E-state index in [9.17, 15) is 14.7 Å². The van der Waals surface area contributed by atoms with Crippen LogP contribution in [0.2, 0.25) is 0 Å². The molecule has 0 aliphatic carbocycles. The van der Waals surface area contributed by atoms with E-state index in [0.29, 0.717) is 19.0 Å². The molecule has 1 amide bonds. The van der Waals surface area contributed by atoms with Crippen LogP contribution in [0.4, 0.5) is 0 Å². The van der Waals surface area contributed by atoms with Gasteiger partial charge in [0.05, 0.1) is 0 Å². The summed E-state index contributed by atoms with van der Waals surface area (Å²) in [5, 5.41) is 11.9. The molecule has 0 spiro atoms. The SMILES string of the molecule is CCC(C)C(NC(=O)CCN(C)C1CCN(C)CC1)C(=O)O. The van der Waals surface area contributed by atoms with Crippen LogP contribution in [-0.2, 0) is 9.59 Å². The molecule has 1 saturated heterocycles. The van der Waals surface area contributed by atoms with Crippen LogP contribution >= 0.6 is 0 Å². The van der Waals surface area contributed by atoms with Crippen molar-refractivity contribution in [3.63, 3.8) is 0 Å². The Balaban J connectivity index is 2.36. The fourth-order valence-corrected chi connectivity index (χ4v) is 2.82. The molecular formula is C16H31N3O3. The minimum Gasteiger partial charge on any atom is -0.480 e. The molecule has 0 radical (unpaired) electrons. The molecule has 2 N–H and O–H groups in total. The predicted molar refractivity (Wildman–Crippen MR) is 86.8 cm³/mol. The molecule has 0 bridgehead atoms. The lowest BCUT2D eigenvalue weighted by Crippen LogP contribution is -2.47. The smallest absolute Gasteiger partial charge is 0.326 e. The van der Waals surface area contributed by atoms with Gasteiger partial charge in [-0.25, -0.2) is 4.79 Å². The van der Waals surface area contributed by atoms with Gasteiger partial charge in [0, 0.05) is 19.0 Å². The van der Waals surface area contributed by atoms with Crippen LogP contribution in [0.25, 0.3) is 0 Å². The van der Waals surface area contributed by atoms with Gasteiger partial charge >= 0.3 is 5.97 Å². The van der Waals surface area contributed by atoms with E-state index in [1.165, 1.54) is 0 Å². The molecule has 22 heavy (non-hydrogen) atoms. The first-order valence-corrected chi connectivity index (χ1v) is 8.26. The van der Waals surface area contributed by atoms with Crippen LogP contribution in [0.15, 0.2) is 0 Å². The molecule has 6 nitrogen and oxygen atoms in total. The van der Waals surface area contributed by atoms with Crippen LogP contribution < -0.4 is 5.32 Å². The zero-order valence-corrected chi connectivity index (χ0v) is 14.3. The summed E-state index contributed by atoms with van der Waals surface area (Å²) in [6, 6.07) is -0.264. The van der Waals surface area contributed by atoms with Crippen molar-refractivity contribution in [3.8, 4) is 0 Å². The second-order valence-electron chi connectivity index (χ2n) is 6.53. The molecule has 0 aromatic heterocycles. The third kappa shape index (κ3) is 5.93. The van der Waals surface area contributed by atoms with Crippen molar-refractivity contribution in [2.75, 3.05) is 33.7 Å². The molecule has 0 aromatic rings. The summed E-state index contributed by atoms with van der Waals surface area (Å²) >= 11 is 0. The van der Waals surface area contributed by atoms with Gasteiger partial charge in [0.2, 0.25) is 5.91 Å². The fraction of sp³-hybridized carbons (Fsp3) is 0.875. The van der Waals surface area contributed by atoms with Crippen LogP contribution in [0.5, 0.6) is 0 Å². The average Bonchev–Trinajstić information content (AvgIpc) is 2.49. The molecule has 1 fully saturated rings. The molecular weight excluding hydrogens is 282 g/mol. The van der Waals surface area contributed by atoms with Crippen molar-refractivity contribution in [3.05, 3.63) is 0 Å². The number of piperidine rings is 1. The largest absolute Gasteiger partial charge is 0.480 e. The van der Waals surface area contributed by atoms with Crippen LogP contribution in [0.1, 0.15) is 39.5 Å². The van der Waals surface area contributed by atoms with Gasteiger partial charge < -0.3 is 20.2 Å². The molecule has 2 atom stereocenters. The number of carboxylic acids is 1. The number of likely N-dealkylation sites (tertiary alicyclic amines) is 1. The summed E-state index contributed by atoms with van der Waals surface area (Å²) in [6.45, 7) is 6.64. The number of aliphatic carboxylic acids is 1. The van der Waals surface area contributed by atoms with Gasteiger partial charge in [0.15, 0.2) is 0 Å². The Kier molecular flexibility index (Phi) is 7.82. The Morgan fingerprint density at radius 1 is 1.36 bits per heavy atom. The van der Waals surface area contributed by atoms with Crippen LogP contribution in [0.3, 0.4) is 0 Å². The van der Waals surface area contributed by atoms with E-state index in [1.807, 2.05) is 20.9 Å². The molecule has 1 aliphatic rings. The van der Waals surface area contributed by atoms with Gasteiger partial charge in [-0.2, -0.15) is 0 Å². The molecule has 6 heteroatoms. The van der Waals surface area contributed by atoms with Gasteiger partial charge in [0.25, 0.3) is 0 Å². The van der Waals surface area contributed by atoms with E-state index in [1.54, 1.807) is 0 Å². The highest BCUT2D eigenvalue weighted by Crippen LogP contribution is 2.14. The van der Waals surface area contributed by atoms with E-state index >= 15 is 0 Å². The van der Waals surface area contributed by atoms with Gasteiger partial charge in [-0.15, -0.1) is 0 Å². The second kappa shape index (κ2) is 9.10. The molecule has 2 unspecified atom stereocenters. The number of nitrogens with one attached hydrogen (secondary N) is 1. The number of rotatable bonds is 8. The second-order valence-corrected chi connectivity index (χ2v) is 6.53. The van der Waals surface area contributed by atoms with Crippen LogP contribution in [0, 0.1) is 5.92 Å². The molecule has 0 saturated carbocycles. The normalized spacial score (nSPS) is 19.9. The van der Waals surface area contributed by atoms with Gasteiger partial charge in [-0.3, -0.25) is 4.79 Å². The number of hydrogen-bond donors (Lipinski definition) is 2. The Labute approximate surface area is 133 Å². The minimum absolute atomic E-state index is 0.0620. The zero-order valence-electron chi connectivity index (χ0n) is 14.3. The first-order valence-electron chi connectivity index (χ1n) is 8.26. The number of carbonyl (C=O) groups excluding carboxylic acids is 1. The highest BCUT2D eigenvalue weighted by Gasteiger charge is 2.26. The third-order valence-corrected chi connectivity index (χ3v) is 4.80. The van der Waals surface area contributed by atoms with Gasteiger partial charge in [-0.05, 0) is 45.9 Å². The highest BCUT2D eigenvalue weighted by molar-refractivity contribution is 5.83. The van der Waals surface area contributed by atoms with Crippen molar-refractivity contribution in [1.29, 1.82) is 0 Å². The number of nitrogens with zero attached hydrogens (tertiary/aromatic N) is 2.